The number of nitrogens with zero attached hydrogens (tertiary/aromatic N) is 4. The standard InChI is InChI=1S/C19H22F3N5O2/c1-10(2)12-8-15(19(20,21)22)27-16(23-12)9-13(25-27)14-4-3-7-26(14)18(29)11-5-6-17(28)24-11/h8-11,14H,3-7H2,1-2H3,(H,24,28). The molecule has 2 atom stereocenters. The first-order chi connectivity index (χ1) is 13.6. The molecule has 1 N–H and O–H groups in total. The van der Waals surface area contributed by atoms with Gasteiger partial charge in [0, 0.05) is 24.7 Å². The lowest BCUT2D eigenvalue weighted by Gasteiger charge is -2.26. The van der Waals surface area contributed by atoms with E-state index in [-0.39, 0.29) is 23.4 Å². The molecule has 0 bridgehead atoms. The van der Waals surface area contributed by atoms with Crippen LogP contribution >= 0.6 is 0 Å². The van der Waals surface area contributed by atoms with Crippen molar-refractivity contribution < 1.29 is 22.8 Å². The van der Waals surface area contributed by atoms with Crippen LogP contribution < -0.4 is 5.32 Å². The molecule has 7 nitrogen and oxygen atoms in total. The fraction of sp³-hybridized carbons (Fsp3) is 0.579. The Hall–Kier alpha value is -2.65. The highest BCUT2D eigenvalue weighted by Gasteiger charge is 2.39. The van der Waals surface area contributed by atoms with Gasteiger partial charge < -0.3 is 10.2 Å². The van der Waals surface area contributed by atoms with Crippen LogP contribution in [-0.2, 0) is 15.8 Å². The van der Waals surface area contributed by atoms with E-state index in [1.165, 1.54) is 6.07 Å². The molecule has 0 aromatic carbocycles. The Morgan fingerprint density at radius 2 is 2.03 bits per heavy atom. The fourth-order valence-corrected chi connectivity index (χ4v) is 4.01. The van der Waals surface area contributed by atoms with Gasteiger partial charge in [0.1, 0.15) is 11.7 Å². The van der Waals surface area contributed by atoms with E-state index in [2.05, 4.69) is 15.4 Å². The number of hydrogen-bond donors (Lipinski definition) is 1. The van der Waals surface area contributed by atoms with Crippen molar-refractivity contribution in [2.75, 3.05) is 6.54 Å². The third-order valence-electron chi connectivity index (χ3n) is 5.52. The maximum atomic E-state index is 13.6. The van der Waals surface area contributed by atoms with Crippen LogP contribution in [-0.4, -0.2) is 43.9 Å². The summed E-state index contributed by atoms with van der Waals surface area (Å²) in [5.41, 5.74) is -0.0354. The molecule has 0 spiro atoms. The summed E-state index contributed by atoms with van der Waals surface area (Å²) in [4.78, 5) is 30.2. The smallest absolute Gasteiger partial charge is 0.344 e. The Morgan fingerprint density at radius 1 is 1.28 bits per heavy atom. The van der Waals surface area contributed by atoms with Crippen molar-refractivity contribution in [2.24, 2.45) is 0 Å². The van der Waals surface area contributed by atoms with E-state index >= 15 is 0 Å². The van der Waals surface area contributed by atoms with Crippen molar-refractivity contribution in [1.82, 2.24) is 24.8 Å². The van der Waals surface area contributed by atoms with Crippen molar-refractivity contribution in [3.05, 3.63) is 29.2 Å². The van der Waals surface area contributed by atoms with Gasteiger partial charge in [-0.05, 0) is 31.2 Å². The first kappa shape index (κ1) is 19.7. The quantitative estimate of drug-likeness (QED) is 0.846. The molecule has 0 saturated carbocycles. The second-order valence-corrected chi connectivity index (χ2v) is 7.91. The van der Waals surface area contributed by atoms with Crippen LogP contribution in [0.5, 0.6) is 0 Å². The van der Waals surface area contributed by atoms with Gasteiger partial charge in [-0.25, -0.2) is 9.50 Å². The summed E-state index contributed by atoms with van der Waals surface area (Å²) in [5.74, 6) is -0.538. The van der Waals surface area contributed by atoms with E-state index in [1.807, 2.05) is 0 Å². The number of nitrogens with one attached hydrogen (secondary N) is 1. The van der Waals surface area contributed by atoms with Crippen LogP contribution in [0.1, 0.15) is 68.6 Å². The van der Waals surface area contributed by atoms with Crippen molar-refractivity contribution in [2.45, 2.75) is 63.7 Å². The van der Waals surface area contributed by atoms with Crippen LogP contribution in [0.4, 0.5) is 13.2 Å². The van der Waals surface area contributed by atoms with Gasteiger partial charge in [0.2, 0.25) is 11.8 Å². The Morgan fingerprint density at radius 3 is 2.66 bits per heavy atom. The Balaban J connectivity index is 1.71. The zero-order valence-electron chi connectivity index (χ0n) is 16.2. The van der Waals surface area contributed by atoms with Crippen molar-refractivity contribution >= 4 is 17.5 Å². The number of fused-ring (bicyclic) bond motifs is 1. The highest BCUT2D eigenvalue weighted by Crippen LogP contribution is 2.35. The predicted molar refractivity (Wildman–Crippen MR) is 96.9 cm³/mol. The van der Waals surface area contributed by atoms with Crippen molar-refractivity contribution in [3.63, 3.8) is 0 Å². The van der Waals surface area contributed by atoms with Gasteiger partial charge in [0.15, 0.2) is 5.65 Å². The molecule has 2 aliphatic heterocycles. The van der Waals surface area contributed by atoms with Crippen LogP contribution in [0.3, 0.4) is 0 Å². The van der Waals surface area contributed by atoms with Gasteiger partial charge in [0.25, 0.3) is 0 Å². The van der Waals surface area contributed by atoms with Gasteiger partial charge in [-0.3, -0.25) is 9.59 Å². The zero-order chi connectivity index (χ0) is 20.9. The lowest BCUT2D eigenvalue weighted by molar-refractivity contribution is -0.143. The van der Waals surface area contributed by atoms with Crippen LogP contribution in [0.2, 0.25) is 0 Å². The molecule has 10 heteroatoms. The number of rotatable bonds is 3. The molecule has 29 heavy (non-hydrogen) atoms. The second kappa shape index (κ2) is 7.00. The number of aromatic nitrogens is 3. The lowest BCUT2D eigenvalue weighted by atomic mass is 10.1. The summed E-state index contributed by atoms with van der Waals surface area (Å²) in [6, 6.07) is 1.56. The Kier molecular flexibility index (Phi) is 4.74. The lowest BCUT2D eigenvalue weighted by Crippen LogP contribution is -2.44. The Bertz CT molecular complexity index is 969. The van der Waals surface area contributed by atoms with Crippen LogP contribution in [0, 0.1) is 0 Å². The third kappa shape index (κ3) is 3.56. The molecule has 0 aliphatic carbocycles. The average molecular weight is 409 g/mol. The molecular formula is C19H22F3N5O2. The molecule has 2 unspecified atom stereocenters. The summed E-state index contributed by atoms with van der Waals surface area (Å²) in [6.45, 7) is 4.05. The number of alkyl halides is 3. The molecule has 4 rings (SSSR count). The number of carbonyl (C=O) groups excluding carboxylic acids is 2. The normalized spacial score (nSPS) is 22.7. The molecule has 2 aromatic rings. The summed E-state index contributed by atoms with van der Waals surface area (Å²) in [5, 5.41) is 6.85. The average Bonchev–Trinajstić information content (AvgIpc) is 3.37. The van der Waals surface area contributed by atoms with E-state index in [1.54, 1.807) is 18.7 Å². The van der Waals surface area contributed by atoms with Crippen molar-refractivity contribution in [1.29, 1.82) is 0 Å². The van der Waals surface area contributed by atoms with E-state index in [4.69, 9.17) is 0 Å². The minimum Gasteiger partial charge on any atom is -0.344 e. The first-order valence-corrected chi connectivity index (χ1v) is 9.73. The molecule has 2 fully saturated rings. The number of amides is 2. The predicted octanol–water partition coefficient (Wildman–Crippen LogP) is 2.81. The van der Waals surface area contributed by atoms with Crippen LogP contribution in [0.15, 0.2) is 12.1 Å². The molecule has 2 aromatic heterocycles. The summed E-state index contributed by atoms with van der Waals surface area (Å²) in [7, 11) is 0. The van der Waals surface area contributed by atoms with Gasteiger partial charge in [-0.15, -0.1) is 0 Å². The Labute approximate surface area is 165 Å². The number of carbonyl (C=O) groups is 2. The highest BCUT2D eigenvalue weighted by atomic mass is 19.4. The molecular weight excluding hydrogens is 387 g/mol. The SMILES string of the molecule is CC(C)c1cc(C(F)(F)F)n2nc(C3CCCN3C(=O)C3CCC(=O)N3)cc2n1. The molecule has 4 heterocycles. The van der Waals surface area contributed by atoms with Gasteiger partial charge in [-0.1, -0.05) is 13.8 Å². The minimum atomic E-state index is -4.58. The second-order valence-electron chi connectivity index (χ2n) is 7.91. The van der Waals surface area contributed by atoms with Gasteiger partial charge in [0.05, 0.1) is 11.7 Å². The summed E-state index contributed by atoms with van der Waals surface area (Å²) >= 11 is 0. The molecule has 2 aliphatic rings. The van der Waals surface area contributed by atoms with Gasteiger partial charge >= 0.3 is 6.18 Å². The van der Waals surface area contributed by atoms with E-state index in [9.17, 15) is 22.8 Å². The first-order valence-electron chi connectivity index (χ1n) is 9.73. The maximum absolute atomic E-state index is 13.6. The largest absolute Gasteiger partial charge is 0.433 e. The summed E-state index contributed by atoms with van der Waals surface area (Å²) < 4.78 is 41.6. The molecule has 156 valence electrons. The van der Waals surface area contributed by atoms with E-state index in [0.29, 0.717) is 37.2 Å². The third-order valence-corrected chi connectivity index (χ3v) is 5.52. The number of halogens is 3. The molecule has 0 radical (unpaired) electrons. The van der Waals surface area contributed by atoms with E-state index < -0.39 is 24.0 Å². The highest BCUT2D eigenvalue weighted by molar-refractivity contribution is 5.91. The molecule has 2 saturated heterocycles. The minimum absolute atomic E-state index is 0.118. The molecule has 2 amide bonds. The maximum Gasteiger partial charge on any atom is 0.433 e. The van der Waals surface area contributed by atoms with E-state index in [0.717, 1.165) is 17.0 Å². The topological polar surface area (TPSA) is 79.6 Å². The van der Waals surface area contributed by atoms with Gasteiger partial charge in [-0.2, -0.15) is 18.3 Å². The van der Waals surface area contributed by atoms with Crippen molar-refractivity contribution in [3.8, 4) is 0 Å². The number of likely N-dealkylation sites (tertiary alicyclic amines) is 1. The fourth-order valence-electron chi connectivity index (χ4n) is 4.01. The zero-order valence-corrected chi connectivity index (χ0v) is 16.2. The summed E-state index contributed by atoms with van der Waals surface area (Å²) in [6.07, 6.45) is -2.51. The number of hydrogen-bond acceptors (Lipinski definition) is 4. The van der Waals surface area contributed by atoms with Crippen LogP contribution in [0.25, 0.3) is 5.65 Å². The monoisotopic (exact) mass is 409 g/mol.